The fraction of sp³-hybridized carbons (Fsp3) is 0.438. The summed E-state index contributed by atoms with van der Waals surface area (Å²) >= 11 is 0. The van der Waals surface area contributed by atoms with E-state index in [0.29, 0.717) is 0 Å². The fourth-order valence-electron chi connectivity index (χ4n) is 2.25. The SMILES string of the molecule is Cc1ccc(C)c(COC(=O)CN2C(=O)NC(=O)C2(C)C)c1. The standard InChI is InChI=1S/C16H20N2O4/c1-10-5-6-11(2)12(7-10)9-22-13(19)8-18-15(21)17-14(20)16(18,3)4/h5-7H,8-9H2,1-4H3,(H,17,20,21). The molecule has 1 aliphatic heterocycles. The van der Waals surface area contributed by atoms with Crippen LogP contribution in [0, 0.1) is 13.8 Å². The van der Waals surface area contributed by atoms with Crippen LogP contribution in [0.4, 0.5) is 4.79 Å². The van der Waals surface area contributed by atoms with Crippen LogP contribution in [0.5, 0.6) is 0 Å². The van der Waals surface area contributed by atoms with Gasteiger partial charge in [-0.2, -0.15) is 0 Å². The normalized spacial score (nSPS) is 16.6. The molecule has 0 saturated carbocycles. The summed E-state index contributed by atoms with van der Waals surface area (Å²) in [4.78, 5) is 36.5. The van der Waals surface area contributed by atoms with Crippen molar-refractivity contribution in [2.45, 2.75) is 39.8 Å². The molecule has 1 heterocycles. The average Bonchev–Trinajstić information content (AvgIpc) is 2.62. The van der Waals surface area contributed by atoms with E-state index in [1.165, 1.54) is 4.90 Å². The molecule has 1 fully saturated rings. The van der Waals surface area contributed by atoms with Gasteiger partial charge in [-0.05, 0) is 38.8 Å². The van der Waals surface area contributed by atoms with Crippen LogP contribution in [0.3, 0.4) is 0 Å². The Morgan fingerprint density at radius 2 is 1.95 bits per heavy atom. The molecule has 6 nitrogen and oxygen atoms in total. The molecule has 0 aromatic heterocycles. The average molecular weight is 304 g/mol. The van der Waals surface area contributed by atoms with Gasteiger partial charge in [0.25, 0.3) is 5.91 Å². The number of urea groups is 1. The largest absolute Gasteiger partial charge is 0.459 e. The Kier molecular flexibility index (Phi) is 4.21. The Labute approximate surface area is 129 Å². The molecule has 0 unspecified atom stereocenters. The summed E-state index contributed by atoms with van der Waals surface area (Å²) in [5.41, 5.74) is 2.00. The predicted molar refractivity (Wildman–Crippen MR) is 80.0 cm³/mol. The maximum atomic E-state index is 12.0. The molecule has 1 aromatic carbocycles. The minimum absolute atomic E-state index is 0.149. The molecule has 118 valence electrons. The van der Waals surface area contributed by atoms with Crippen LogP contribution in [0.1, 0.15) is 30.5 Å². The van der Waals surface area contributed by atoms with Gasteiger partial charge in [0.2, 0.25) is 0 Å². The zero-order valence-corrected chi connectivity index (χ0v) is 13.2. The highest BCUT2D eigenvalue weighted by atomic mass is 16.5. The highest BCUT2D eigenvalue weighted by Gasteiger charge is 2.46. The molecule has 0 radical (unpaired) electrons. The van der Waals surface area contributed by atoms with Crippen molar-refractivity contribution in [3.8, 4) is 0 Å². The van der Waals surface area contributed by atoms with Crippen molar-refractivity contribution in [2.75, 3.05) is 6.54 Å². The van der Waals surface area contributed by atoms with Crippen molar-refractivity contribution in [3.05, 3.63) is 34.9 Å². The van der Waals surface area contributed by atoms with E-state index in [1.807, 2.05) is 32.0 Å². The zero-order chi connectivity index (χ0) is 16.5. The van der Waals surface area contributed by atoms with Gasteiger partial charge in [-0.15, -0.1) is 0 Å². The molecule has 2 rings (SSSR count). The van der Waals surface area contributed by atoms with E-state index in [4.69, 9.17) is 4.74 Å². The molecule has 1 aromatic rings. The fourth-order valence-corrected chi connectivity index (χ4v) is 2.25. The summed E-state index contributed by atoms with van der Waals surface area (Å²) in [6, 6.07) is 5.34. The Balaban J connectivity index is 1.98. The summed E-state index contributed by atoms with van der Waals surface area (Å²) < 4.78 is 5.23. The number of hydrogen-bond acceptors (Lipinski definition) is 4. The van der Waals surface area contributed by atoms with Gasteiger partial charge in [0.15, 0.2) is 0 Å². The molecular formula is C16H20N2O4. The number of esters is 1. The number of rotatable bonds is 4. The van der Waals surface area contributed by atoms with Gasteiger partial charge in [-0.3, -0.25) is 19.8 Å². The summed E-state index contributed by atoms with van der Waals surface area (Å²) in [6.07, 6.45) is 0. The van der Waals surface area contributed by atoms with Crippen molar-refractivity contribution >= 4 is 17.9 Å². The summed E-state index contributed by atoms with van der Waals surface area (Å²) in [6.45, 7) is 6.98. The van der Waals surface area contributed by atoms with Gasteiger partial charge < -0.3 is 4.74 Å². The van der Waals surface area contributed by atoms with Gasteiger partial charge in [-0.25, -0.2) is 4.79 Å². The Morgan fingerprint density at radius 1 is 1.27 bits per heavy atom. The number of benzene rings is 1. The molecule has 22 heavy (non-hydrogen) atoms. The lowest BCUT2D eigenvalue weighted by Crippen LogP contribution is -2.46. The van der Waals surface area contributed by atoms with E-state index in [2.05, 4.69) is 5.32 Å². The van der Waals surface area contributed by atoms with Gasteiger partial charge >= 0.3 is 12.0 Å². The highest BCUT2D eigenvalue weighted by molar-refractivity contribution is 6.07. The molecule has 3 amide bonds. The number of aryl methyl sites for hydroxylation is 2. The van der Waals surface area contributed by atoms with E-state index in [-0.39, 0.29) is 13.2 Å². The number of amides is 3. The van der Waals surface area contributed by atoms with Gasteiger partial charge in [0.1, 0.15) is 18.7 Å². The first kappa shape index (κ1) is 16.0. The van der Waals surface area contributed by atoms with Crippen molar-refractivity contribution in [1.29, 1.82) is 0 Å². The summed E-state index contributed by atoms with van der Waals surface area (Å²) in [5.74, 6) is -0.960. The number of hydrogen-bond donors (Lipinski definition) is 1. The predicted octanol–water partition coefficient (Wildman–Crippen LogP) is 1.68. The lowest BCUT2D eigenvalue weighted by Gasteiger charge is -2.26. The number of carbonyl (C=O) groups excluding carboxylic acids is 3. The topological polar surface area (TPSA) is 75.7 Å². The van der Waals surface area contributed by atoms with Crippen LogP contribution in [0.25, 0.3) is 0 Å². The van der Waals surface area contributed by atoms with E-state index < -0.39 is 23.4 Å². The van der Waals surface area contributed by atoms with Crippen LogP contribution >= 0.6 is 0 Å². The van der Waals surface area contributed by atoms with Crippen LogP contribution in [-0.4, -0.2) is 34.9 Å². The number of nitrogens with zero attached hydrogens (tertiary/aromatic N) is 1. The molecule has 1 aliphatic rings. The Hall–Kier alpha value is -2.37. The van der Waals surface area contributed by atoms with E-state index >= 15 is 0 Å². The van der Waals surface area contributed by atoms with Crippen molar-refractivity contribution < 1.29 is 19.1 Å². The molecule has 0 spiro atoms. The smallest absolute Gasteiger partial charge is 0.326 e. The third-order valence-electron chi connectivity index (χ3n) is 3.88. The maximum absolute atomic E-state index is 12.0. The van der Waals surface area contributed by atoms with Crippen LogP contribution in [0.15, 0.2) is 18.2 Å². The second-order valence-corrected chi connectivity index (χ2v) is 6.00. The molecule has 0 aliphatic carbocycles. The van der Waals surface area contributed by atoms with E-state index in [9.17, 15) is 14.4 Å². The van der Waals surface area contributed by atoms with Crippen LogP contribution < -0.4 is 5.32 Å². The lowest BCUT2D eigenvalue weighted by atomic mass is 10.0. The summed E-state index contributed by atoms with van der Waals surface area (Å²) in [7, 11) is 0. The number of imide groups is 1. The maximum Gasteiger partial charge on any atom is 0.326 e. The summed E-state index contributed by atoms with van der Waals surface area (Å²) in [5, 5.41) is 2.19. The molecule has 1 saturated heterocycles. The van der Waals surface area contributed by atoms with E-state index in [0.717, 1.165) is 16.7 Å². The number of carbonyl (C=O) groups is 3. The highest BCUT2D eigenvalue weighted by Crippen LogP contribution is 2.20. The zero-order valence-electron chi connectivity index (χ0n) is 13.2. The van der Waals surface area contributed by atoms with Crippen molar-refractivity contribution in [2.24, 2.45) is 0 Å². The third-order valence-corrected chi connectivity index (χ3v) is 3.88. The Morgan fingerprint density at radius 3 is 2.55 bits per heavy atom. The molecule has 0 atom stereocenters. The first-order valence-electron chi connectivity index (χ1n) is 7.06. The number of nitrogens with one attached hydrogen (secondary N) is 1. The first-order chi connectivity index (χ1) is 10.2. The quantitative estimate of drug-likeness (QED) is 0.678. The minimum Gasteiger partial charge on any atom is -0.459 e. The van der Waals surface area contributed by atoms with E-state index in [1.54, 1.807) is 13.8 Å². The molecule has 0 bridgehead atoms. The monoisotopic (exact) mass is 304 g/mol. The molecule has 1 N–H and O–H groups in total. The molecular weight excluding hydrogens is 284 g/mol. The van der Waals surface area contributed by atoms with Gasteiger partial charge in [-0.1, -0.05) is 23.8 Å². The molecule has 6 heteroatoms. The lowest BCUT2D eigenvalue weighted by molar-refractivity contribution is -0.146. The van der Waals surface area contributed by atoms with Crippen molar-refractivity contribution in [3.63, 3.8) is 0 Å². The third kappa shape index (κ3) is 3.10. The van der Waals surface area contributed by atoms with Crippen molar-refractivity contribution in [1.82, 2.24) is 10.2 Å². The second kappa shape index (κ2) is 5.79. The number of ether oxygens (including phenoxy) is 1. The van der Waals surface area contributed by atoms with Crippen LogP contribution in [-0.2, 0) is 20.9 Å². The Bertz CT molecular complexity index is 637. The second-order valence-electron chi connectivity index (χ2n) is 6.00. The van der Waals surface area contributed by atoms with Gasteiger partial charge in [0.05, 0.1) is 0 Å². The minimum atomic E-state index is -1.05. The van der Waals surface area contributed by atoms with Crippen LogP contribution in [0.2, 0.25) is 0 Å². The first-order valence-corrected chi connectivity index (χ1v) is 7.06. The van der Waals surface area contributed by atoms with Gasteiger partial charge in [0, 0.05) is 0 Å².